The minimum atomic E-state index is -0.487. The summed E-state index contributed by atoms with van der Waals surface area (Å²) < 4.78 is 5.21. The van der Waals surface area contributed by atoms with Crippen molar-refractivity contribution in [2.45, 2.75) is 19.3 Å². The van der Waals surface area contributed by atoms with E-state index < -0.39 is 5.97 Å². The van der Waals surface area contributed by atoms with Gasteiger partial charge >= 0.3 is 5.97 Å². The molecule has 1 aromatic heterocycles. The van der Waals surface area contributed by atoms with Crippen molar-refractivity contribution in [3.05, 3.63) is 39.3 Å². The first-order valence-corrected chi connectivity index (χ1v) is 8.57. The van der Waals surface area contributed by atoms with Gasteiger partial charge in [0.2, 0.25) is 5.91 Å². The van der Waals surface area contributed by atoms with Gasteiger partial charge < -0.3 is 4.74 Å². The summed E-state index contributed by atoms with van der Waals surface area (Å²) in [5, 5.41) is 2.89. The third kappa shape index (κ3) is 3.65. The highest BCUT2D eigenvalue weighted by Gasteiger charge is 2.24. The second-order valence-corrected chi connectivity index (χ2v) is 6.59. The van der Waals surface area contributed by atoms with Crippen LogP contribution in [0.3, 0.4) is 0 Å². The molecule has 0 N–H and O–H groups in total. The molecule has 0 bridgehead atoms. The second kappa shape index (κ2) is 6.86. The number of thiazole rings is 1. The molecular formula is C15H12Cl2N2O3S. The van der Waals surface area contributed by atoms with Crippen molar-refractivity contribution in [1.29, 1.82) is 0 Å². The van der Waals surface area contributed by atoms with Crippen molar-refractivity contribution in [3.63, 3.8) is 0 Å². The molecule has 0 atom stereocenters. The summed E-state index contributed by atoms with van der Waals surface area (Å²) in [6.07, 6.45) is 1.38. The molecule has 0 radical (unpaired) electrons. The fourth-order valence-electron chi connectivity index (χ4n) is 2.22. The van der Waals surface area contributed by atoms with Crippen LogP contribution in [0.15, 0.2) is 23.6 Å². The molecule has 1 saturated heterocycles. The summed E-state index contributed by atoms with van der Waals surface area (Å²) in [4.78, 5) is 29.7. The van der Waals surface area contributed by atoms with Crippen molar-refractivity contribution in [2.75, 3.05) is 11.4 Å². The van der Waals surface area contributed by atoms with Crippen molar-refractivity contribution in [1.82, 2.24) is 4.98 Å². The van der Waals surface area contributed by atoms with Crippen molar-refractivity contribution < 1.29 is 14.3 Å². The van der Waals surface area contributed by atoms with E-state index in [0.29, 0.717) is 28.8 Å². The molecule has 1 aliphatic rings. The highest BCUT2D eigenvalue weighted by Crippen LogP contribution is 2.32. The first-order chi connectivity index (χ1) is 11.0. The van der Waals surface area contributed by atoms with E-state index in [1.54, 1.807) is 28.5 Å². The number of halogens is 2. The lowest BCUT2D eigenvalue weighted by Gasteiger charge is -2.10. The smallest absolute Gasteiger partial charge is 0.317 e. The summed E-state index contributed by atoms with van der Waals surface area (Å²) in [7, 11) is 0. The minimum absolute atomic E-state index is 0.00136. The van der Waals surface area contributed by atoms with Crippen LogP contribution in [0.4, 0.5) is 5.13 Å². The van der Waals surface area contributed by atoms with Crippen LogP contribution in [-0.4, -0.2) is 23.4 Å². The monoisotopic (exact) mass is 370 g/mol. The van der Waals surface area contributed by atoms with Crippen LogP contribution in [0.5, 0.6) is 5.75 Å². The van der Waals surface area contributed by atoms with E-state index in [1.807, 2.05) is 0 Å². The topological polar surface area (TPSA) is 59.5 Å². The SMILES string of the molecule is O=C(Cc1csc(N2CCCC2=O)n1)Oc1cccc(Cl)c1Cl. The lowest BCUT2D eigenvalue weighted by atomic mass is 10.3. The van der Waals surface area contributed by atoms with Gasteiger partial charge in [0.25, 0.3) is 0 Å². The molecule has 1 aromatic carbocycles. The summed E-state index contributed by atoms with van der Waals surface area (Å²) in [6.45, 7) is 0.675. The maximum absolute atomic E-state index is 12.0. The number of carbonyl (C=O) groups excluding carboxylic acids is 2. The number of esters is 1. The van der Waals surface area contributed by atoms with E-state index >= 15 is 0 Å². The average molecular weight is 371 g/mol. The second-order valence-electron chi connectivity index (χ2n) is 4.97. The number of nitrogens with zero attached hydrogens (tertiary/aromatic N) is 2. The molecular weight excluding hydrogens is 359 g/mol. The van der Waals surface area contributed by atoms with Gasteiger partial charge in [0.05, 0.1) is 17.1 Å². The van der Waals surface area contributed by atoms with Crippen LogP contribution in [-0.2, 0) is 16.0 Å². The molecule has 0 spiro atoms. The number of anilines is 1. The van der Waals surface area contributed by atoms with Gasteiger partial charge in [-0.25, -0.2) is 4.98 Å². The molecule has 3 rings (SSSR count). The fourth-order valence-corrected chi connectivity index (χ4v) is 3.42. The Morgan fingerprint density at radius 3 is 2.96 bits per heavy atom. The molecule has 0 unspecified atom stereocenters. The van der Waals surface area contributed by atoms with Gasteiger partial charge in [0, 0.05) is 18.3 Å². The number of benzene rings is 1. The van der Waals surface area contributed by atoms with E-state index in [1.165, 1.54) is 11.3 Å². The third-order valence-corrected chi connectivity index (χ3v) is 5.02. The first kappa shape index (κ1) is 16.2. The van der Waals surface area contributed by atoms with Gasteiger partial charge in [0.15, 0.2) is 10.9 Å². The maximum Gasteiger partial charge on any atom is 0.317 e. The molecule has 0 saturated carbocycles. The number of carbonyl (C=O) groups is 2. The summed E-state index contributed by atoms with van der Waals surface area (Å²) >= 11 is 13.2. The van der Waals surface area contributed by atoms with Crippen molar-refractivity contribution >= 4 is 51.5 Å². The summed E-state index contributed by atoms with van der Waals surface area (Å²) in [5.41, 5.74) is 0.563. The Morgan fingerprint density at radius 2 is 2.22 bits per heavy atom. The van der Waals surface area contributed by atoms with E-state index in [2.05, 4.69) is 4.98 Å². The molecule has 0 aliphatic carbocycles. The summed E-state index contributed by atoms with van der Waals surface area (Å²) in [6, 6.07) is 4.83. The lowest BCUT2D eigenvalue weighted by Crippen LogP contribution is -2.23. The highest BCUT2D eigenvalue weighted by molar-refractivity contribution is 7.14. The Hall–Kier alpha value is -1.63. The summed E-state index contributed by atoms with van der Waals surface area (Å²) in [5.74, 6) is -0.202. The van der Waals surface area contributed by atoms with E-state index in [0.717, 1.165) is 6.42 Å². The lowest BCUT2D eigenvalue weighted by molar-refractivity contribution is -0.133. The van der Waals surface area contributed by atoms with Gasteiger partial charge in [-0.3, -0.25) is 14.5 Å². The Kier molecular flexibility index (Phi) is 4.84. The number of aromatic nitrogens is 1. The van der Waals surface area contributed by atoms with Gasteiger partial charge in [-0.15, -0.1) is 11.3 Å². The molecule has 1 aliphatic heterocycles. The first-order valence-electron chi connectivity index (χ1n) is 6.94. The van der Waals surface area contributed by atoms with Gasteiger partial charge in [0.1, 0.15) is 5.02 Å². The van der Waals surface area contributed by atoms with Crippen LogP contribution < -0.4 is 9.64 Å². The number of amides is 1. The van der Waals surface area contributed by atoms with E-state index in [-0.39, 0.29) is 23.1 Å². The number of hydrogen-bond acceptors (Lipinski definition) is 5. The third-order valence-electron chi connectivity index (χ3n) is 3.31. The fraction of sp³-hybridized carbons (Fsp3) is 0.267. The van der Waals surface area contributed by atoms with Gasteiger partial charge in [-0.2, -0.15) is 0 Å². The van der Waals surface area contributed by atoms with E-state index in [4.69, 9.17) is 27.9 Å². The molecule has 2 aromatic rings. The zero-order valence-electron chi connectivity index (χ0n) is 11.9. The van der Waals surface area contributed by atoms with Crippen molar-refractivity contribution in [2.24, 2.45) is 0 Å². The minimum Gasteiger partial charge on any atom is -0.425 e. The number of rotatable bonds is 4. The standard InChI is InChI=1S/C15H12Cl2N2O3S/c16-10-3-1-4-11(14(10)17)22-13(21)7-9-8-23-15(18-9)19-6-2-5-12(19)20/h1,3-4,8H,2,5-7H2. The molecule has 5 nitrogen and oxygen atoms in total. The van der Waals surface area contributed by atoms with Gasteiger partial charge in [-0.1, -0.05) is 29.3 Å². The molecule has 2 heterocycles. The van der Waals surface area contributed by atoms with E-state index in [9.17, 15) is 9.59 Å². The average Bonchev–Trinajstić information content (AvgIpc) is 3.12. The van der Waals surface area contributed by atoms with Crippen LogP contribution in [0.25, 0.3) is 0 Å². The maximum atomic E-state index is 12.0. The Bertz CT molecular complexity index is 763. The largest absolute Gasteiger partial charge is 0.425 e. The Balaban J connectivity index is 1.65. The molecule has 120 valence electrons. The zero-order valence-corrected chi connectivity index (χ0v) is 14.2. The highest BCUT2D eigenvalue weighted by atomic mass is 35.5. The Labute approximate surface area is 146 Å². The normalized spacial score (nSPS) is 14.3. The molecule has 8 heteroatoms. The predicted molar refractivity (Wildman–Crippen MR) is 89.5 cm³/mol. The molecule has 1 fully saturated rings. The quantitative estimate of drug-likeness (QED) is 0.607. The van der Waals surface area contributed by atoms with Crippen LogP contribution >= 0.6 is 34.5 Å². The Morgan fingerprint density at radius 1 is 1.39 bits per heavy atom. The number of hydrogen-bond donors (Lipinski definition) is 0. The molecule has 23 heavy (non-hydrogen) atoms. The van der Waals surface area contributed by atoms with Crippen molar-refractivity contribution in [3.8, 4) is 5.75 Å². The van der Waals surface area contributed by atoms with Crippen LogP contribution in [0.2, 0.25) is 10.0 Å². The van der Waals surface area contributed by atoms with Crippen LogP contribution in [0.1, 0.15) is 18.5 Å². The van der Waals surface area contributed by atoms with Crippen LogP contribution in [0, 0.1) is 0 Å². The molecule has 1 amide bonds. The number of ether oxygens (including phenoxy) is 1. The zero-order chi connectivity index (χ0) is 16.4. The van der Waals surface area contributed by atoms with Gasteiger partial charge in [-0.05, 0) is 18.6 Å². The predicted octanol–water partition coefficient (Wildman–Crippen LogP) is 3.72.